The van der Waals surface area contributed by atoms with Crippen molar-refractivity contribution >= 4 is 22.4 Å². The van der Waals surface area contributed by atoms with E-state index in [4.69, 9.17) is 9.84 Å². The highest BCUT2D eigenvalue weighted by atomic mass is 16.6. The number of nitrogens with zero attached hydrogens (tertiary/aromatic N) is 3. The fourth-order valence-corrected chi connectivity index (χ4v) is 2.61. The van der Waals surface area contributed by atoms with Crippen LogP contribution in [0.5, 0.6) is 0 Å². The van der Waals surface area contributed by atoms with Crippen LogP contribution in [0.2, 0.25) is 0 Å². The number of rotatable bonds is 4. The highest BCUT2D eigenvalue weighted by Crippen LogP contribution is 2.30. The largest absolute Gasteiger partial charge is 0.394 e. The molecule has 0 saturated carbocycles. The summed E-state index contributed by atoms with van der Waals surface area (Å²) in [7, 11) is 0. The van der Waals surface area contributed by atoms with Crippen molar-refractivity contribution in [3.63, 3.8) is 0 Å². The maximum absolute atomic E-state index is 11.0. The van der Waals surface area contributed by atoms with Gasteiger partial charge in [-0.15, -0.1) is 5.10 Å². The van der Waals surface area contributed by atoms with Gasteiger partial charge in [-0.1, -0.05) is 0 Å². The summed E-state index contributed by atoms with van der Waals surface area (Å²) in [6.45, 7) is -0.576. The van der Waals surface area contributed by atoms with E-state index in [1.165, 1.54) is 12.1 Å². The summed E-state index contributed by atoms with van der Waals surface area (Å²) in [5, 5.41) is 62.6. The fraction of sp³-hybridized carbons (Fsp3) is 0.500. The van der Waals surface area contributed by atoms with Crippen molar-refractivity contribution in [3.05, 3.63) is 22.2 Å². The Bertz CT molecular complexity index is 752. The molecule has 1 saturated heterocycles. The van der Waals surface area contributed by atoms with Crippen LogP contribution < -0.4 is 5.32 Å². The molecule has 0 amide bonds. The summed E-state index contributed by atoms with van der Waals surface area (Å²) in [4.78, 5) is 10.4. The first-order valence-electron chi connectivity index (χ1n) is 6.99. The molecular weight excluding hydrogens is 326 g/mol. The Morgan fingerprint density at radius 1 is 1.25 bits per heavy atom. The summed E-state index contributed by atoms with van der Waals surface area (Å²) in [5.41, 5.74) is 0.109. The van der Waals surface area contributed by atoms with E-state index in [9.17, 15) is 25.4 Å². The summed E-state index contributed by atoms with van der Waals surface area (Å²) in [6, 6.07) is 1.39. The average Bonchev–Trinajstić information content (AvgIpc) is 3.04. The van der Waals surface area contributed by atoms with E-state index in [-0.39, 0.29) is 22.4 Å². The molecule has 0 radical (unpaired) electrons. The van der Waals surface area contributed by atoms with Gasteiger partial charge in [0.1, 0.15) is 29.9 Å². The van der Waals surface area contributed by atoms with E-state index >= 15 is 0 Å². The first kappa shape index (κ1) is 16.5. The van der Waals surface area contributed by atoms with Gasteiger partial charge in [0, 0.05) is 6.07 Å². The molecule has 1 aliphatic rings. The number of nitro groups is 1. The average molecular weight is 341 g/mol. The lowest BCUT2D eigenvalue weighted by Crippen LogP contribution is -2.61. The molecule has 1 aromatic carbocycles. The predicted octanol–water partition coefficient (Wildman–Crippen LogP) is -1.92. The number of aromatic nitrogens is 3. The van der Waals surface area contributed by atoms with Gasteiger partial charge in [-0.25, -0.2) is 0 Å². The third-order valence-corrected chi connectivity index (χ3v) is 3.87. The number of anilines is 1. The van der Waals surface area contributed by atoms with Gasteiger partial charge in [-0.2, -0.15) is 10.3 Å². The second-order valence-corrected chi connectivity index (χ2v) is 5.31. The molecule has 1 aliphatic heterocycles. The monoisotopic (exact) mass is 341 g/mol. The third-order valence-electron chi connectivity index (χ3n) is 3.87. The van der Waals surface area contributed by atoms with Crippen molar-refractivity contribution in [3.8, 4) is 0 Å². The Hall–Kier alpha value is -2.38. The van der Waals surface area contributed by atoms with Gasteiger partial charge >= 0.3 is 0 Å². The number of nitrogens with one attached hydrogen (secondary N) is 2. The molecule has 2 aromatic rings. The number of hydrogen-bond donors (Lipinski definition) is 6. The van der Waals surface area contributed by atoms with Crippen LogP contribution in [-0.4, -0.2) is 78.0 Å². The lowest BCUT2D eigenvalue weighted by atomic mass is 9.96. The van der Waals surface area contributed by atoms with Crippen molar-refractivity contribution in [1.82, 2.24) is 15.4 Å². The molecule has 0 spiro atoms. The number of non-ortho nitro benzene ring substituents is 1. The predicted molar refractivity (Wildman–Crippen MR) is 77.9 cm³/mol. The molecule has 12 nitrogen and oxygen atoms in total. The number of hydrogen-bond acceptors (Lipinski definition) is 10. The molecule has 1 fully saturated rings. The highest BCUT2D eigenvalue weighted by molar-refractivity contribution is 5.93. The third kappa shape index (κ3) is 2.65. The number of aromatic amines is 1. The Labute approximate surface area is 133 Å². The van der Waals surface area contributed by atoms with Crippen LogP contribution in [0, 0.1) is 10.1 Å². The molecule has 6 N–H and O–H groups in total. The Morgan fingerprint density at radius 3 is 2.62 bits per heavy atom. The van der Waals surface area contributed by atoms with Gasteiger partial charge in [0.05, 0.1) is 17.2 Å². The van der Waals surface area contributed by atoms with E-state index in [1.54, 1.807) is 0 Å². The summed E-state index contributed by atoms with van der Waals surface area (Å²) in [5.74, 6) is 0. The zero-order valence-corrected chi connectivity index (χ0v) is 12.1. The molecule has 5 atom stereocenters. The second kappa shape index (κ2) is 6.26. The van der Waals surface area contributed by atoms with Crippen LogP contribution in [0.1, 0.15) is 0 Å². The first-order valence-corrected chi connectivity index (χ1v) is 6.99. The van der Waals surface area contributed by atoms with Crippen LogP contribution in [0.15, 0.2) is 12.1 Å². The lowest BCUT2D eigenvalue weighted by molar-refractivity contribution is -0.383. The molecule has 2 heterocycles. The topological polar surface area (TPSA) is 187 Å². The molecule has 0 bridgehead atoms. The molecule has 1 aromatic heterocycles. The minimum Gasteiger partial charge on any atom is -0.394 e. The maximum Gasteiger partial charge on any atom is 0.299 e. The first-order chi connectivity index (χ1) is 11.4. The van der Waals surface area contributed by atoms with Crippen molar-refractivity contribution in [1.29, 1.82) is 0 Å². The fourth-order valence-electron chi connectivity index (χ4n) is 2.61. The minimum absolute atomic E-state index is 0.000472. The highest BCUT2D eigenvalue weighted by Gasteiger charge is 2.43. The van der Waals surface area contributed by atoms with E-state index < -0.39 is 42.2 Å². The van der Waals surface area contributed by atoms with Crippen molar-refractivity contribution in [2.45, 2.75) is 30.6 Å². The van der Waals surface area contributed by atoms with E-state index in [1.807, 2.05) is 0 Å². The van der Waals surface area contributed by atoms with Crippen LogP contribution >= 0.6 is 0 Å². The minimum atomic E-state index is -1.53. The Balaban J connectivity index is 1.91. The van der Waals surface area contributed by atoms with Gasteiger partial charge in [0.25, 0.3) is 5.69 Å². The lowest BCUT2D eigenvalue weighted by Gasteiger charge is -2.40. The second-order valence-electron chi connectivity index (χ2n) is 5.31. The number of fused-ring (bicyclic) bond motifs is 1. The van der Waals surface area contributed by atoms with Gasteiger partial charge in [-0.05, 0) is 6.07 Å². The van der Waals surface area contributed by atoms with Crippen LogP contribution in [0.25, 0.3) is 11.0 Å². The normalized spacial score (nSPS) is 30.4. The number of benzene rings is 1. The van der Waals surface area contributed by atoms with E-state index in [0.29, 0.717) is 0 Å². The number of nitro benzene ring substituents is 1. The molecule has 24 heavy (non-hydrogen) atoms. The van der Waals surface area contributed by atoms with Crippen molar-refractivity contribution < 1.29 is 30.1 Å². The summed E-state index contributed by atoms with van der Waals surface area (Å²) < 4.78 is 5.04. The maximum atomic E-state index is 11.0. The van der Waals surface area contributed by atoms with Gasteiger partial charge < -0.3 is 30.5 Å². The number of aliphatic hydroxyl groups excluding tert-OH is 4. The van der Waals surface area contributed by atoms with Crippen LogP contribution in [-0.2, 0) is 4.74 Å². The van der Waals surface area contributed by atoms with Gasteiger partial charge in [-0.3, -0.25) is 10.1 Å². The summed E-state index contributed by atoms with van der Waals surface area (Å²) in [6.07, 6.45) is -5.54. The Morgan fingerprint density at radius 2 is 1.96 bits per heavy atom. The smallest absolute Gasteiger partial charge is 0.299 e. The van der Waals surface area contributed by atoms with E-state index in [2.05, 4.69) is 20.7 Å². The molecule has 130 valence electrons. The molecular formula is C12H15N5O7. The van der Waals surface area contributed by atoms with Crippen LogP contribution in [0.4, 0.5) is 11.4 Å². The van der Waals surface area contributed by atoms with Gasteiger partial charge in [0.2, 0.25) is 0 Å². The summed E-state index contributed by atoms with van der Waals surface area (Å²) >= 11 is 0. The number of aliphatic hydroxyl groups is 4. The number of H-pyrrole nitrogens is 1. The number of ether oxygens (including phenoxy) is 1. The van der Waals surface area contributed by atoms with E-state index in [0.717, 1.165) is 0 Å². The zero-order valence-electron chi connectivity index (χ0n) is 12.1. The van der Waals surface area contributed by atoms with Crippen LogP contribution in [0.3, 0.4) is 0 Å². The molecule has 0 aliphatic carbocycles. The Kier molecular flexibility index (Phi) is 4.29. The molecule has 12 heteroatoms. The zero-order chi connectivity index (χ0) is 17.4. The van der Waals surface area contributed by atoms with Crippen molar-refractivity contribution in [2.75, 3.05) is 11.9 Å². The van der Waals surface area contributed by atoms with Crippen molar-refractivity contribution in [2.24, 2.45) is 0 Å². The quantitative estimate of drug-likeness (QED) is 0.270. The van der Waals surface area contributed by atoms with Gasteiger partial charge in [0.15, 0.2) is 11.8 Å². The standard InChI is InChI=1S/C12H15N5O7/c18-3-6-10(19)11(20)9(12(21)24-6)13-4-1-2-5(17(22)23)8-7(4)14-16-15-8/h1-2,6,9-13,18-21H,3H2,(H,14,15,16)/t6-,9-,10-,11-,12?/m1/s1. The molecule has 1 unspecified atom stereocenters. The molecule has 3 rings (SSSR count). The SMILES string of the molecule is O=[N+]([O-])c1ccc(N[C@H]2C(O)O[C@H](CO)[C@@H](O)[C@@H]2O)c2n[nH]nc12.